The number of halogens is 1. The molecule has 0 saturated carbocycles. The molecule has 170 valence electrons. The molecule has 0 aromatic heterocycles. The van der Waals surface area contributed by atoms with Crippen LogP contribution < -0.4 is 15.0 Å². The van der Waals surface area contributed by atoms with Crippen LogP contribution in [0.1, 0.15) is 11.1 Å². The van der Waals surface area contributed by atoms with Crippen LogP contribution in [0.2, 0.25) is 5.02 Å². The third kappa shape index (κ3) is 4.79. The van der Waals surface area contributed by atoms with Crippen LogP contribution in [-0.2, 0) is 16.2 Å². The van der Waals surface area contributed by atoms with E-state index in [4.69, 9.17) is 16.3 Å². The molecule has 0 spiro atoms. The largest absolute Gasteiger partial charge is 0.489 e. The van der Waals surface area contributed by atoms with Gasteiger partial charge in [-0.15, -0.1) is 0 Å². The summed E-state index contributed by atoms with van der Waals surface area (Å²) in [6.45, 7) is 0.235. The molecule has 3 aromatic rings. The molecule has 1 aliphatic heterocycles. The number of hydrogen-bond donors (Lipinski definition) is 1. The molecule has 1 N–H and O–H groups in total. The lowest BCUT2D eigenvalue weighted by molar-refractivity contribution is -0.384. The Morgan fingerprint density at radius 1 is 0.971 bits per heavy atom. The van der Waals surface area contributed by atoms with E-state index in [9.17, 15) is 24.5 Å². The van der Waals surface area contributed by atoms with Crippen LogP contribution in [0.25, 0.3) is 6.08 Å². The van der Waals surface area contributed by atoms with Crippen LogP contribution >= 0.6 is 11.6 Å². The summed E-state index contributed by atoms with van der Waals surface area (Å²) in [6, 6.07) is 17.9. The molecule has 4 amide bonds. The van der Waals surface area contributed by atoms with E-state index in [1.807, 2.05) is 18.2 Å². The number of anilines is 1. The monoisotopic (exact) mass is 477 g/mol. The second kappa shape index (κ2) is 9.55. The number of carbonyl (C=O) groups is 3. The summed E-state index contributed by atoms with van der Waals surface area (Å²) in [4.78, 5) is 48.7. The first kappa shape index (κ1) is 22.7. The Balaban J connectivity index is 1.53. The first-order valence-corrected chi connectivity index (χ1v) is 10.3. The summed E-state index contributed by atoms with van der Waals surface area (Å²) in [6.07, 6.45) is 1.27. The van der Waals surface area contributed by atoms with E-state index in [1.54, 1.807) is 18.2 Å². The van der Waals surface area contributed by atoms with Crippen molar-refractivity contribution < 1.29 is 24.0 Å². The molecule has 1 heterocycles. The van der Waals surface area contributed by atoms with Crippen LogP contribution in [0, 0.1) is 10.1 Å². The molecule has 0 atom stereocenters. The Kier molecular flexibility index (Phi) is 6.37. The number of barbiturate groups is 1. The second-order valence-electron chi connectivity index (χ2n) is 7.18. The zero-order chi connectivity index (χ0) is 24.2. The van der Waals surface area contributed by atoms with Gasteiger partial charge in [0.15, 0.2) is 0 Å². The normalized spacial score (nSPS) is 14.8. The zero-order valence-electron chi connectivity index (χ0n) is 17.4. The number of rotatable bonds is 6. The summed E-state index contributed by atoms with van der Waals surface area (Å²) in [7, 11) is 0. The first-order chi connectivity index (χ1) is 16.3. The van der Waals surface area contributed by atoms with Crippen molar-refractivity contribution in [2.45, 2.75) is 6.61 Å². The lowest BCUT2D eigenvalue weighted by atomic mass is 10.1. The van der Waals surface area contributed by atoms with Crippen LogP contribution in [0.5, 0.6) is 5.75 Å². The van der Waals surface area contributed by atoms with E-state index in [-0.39, 0.29) is 23.6 Å². The Morgan fingerprint density at radius 3 is 2.29 bits per heavy atom. The molecular weight excluding hydrogens is 462 g/mol. The molecule has 0 aliphatic carbocycles. The lowest BCUT2D eigenvalue weighted by Gasteiger charge is -2.26. The molecule has 0 unspecified atom stereocenters. The minimum Gasteiger partial charge on any atom is -0.489 e. The minimum atomic E-state index is -0.888. The summed E-state index contributed by atoms with van der Waals surface area (Å²) in [5.41, 5.74) is 1.01. The smallest absolute Gasteiger partial charge is 0.335 e. The topological polar surface area (TPSA) is 119 Å². The Morgan fingerprint density at radius 2 is 1.65 bits per heavy atom. The fourth-order valence-electron chi connectivity index (χ4n) is 3.22. The van der Waals surface area contributed by atoms with Crippen molar-refractivity contribution in [1.29, 1.82) is 0 Å². The number of nitrogens with one attached hydrogen (secondary N) is 1. The highest BCUT2D eigenvalue weighted by molar-refractivity contribution is 6.39. The number of amides is 4. The predicted molar refractivity (Wildman–Crippen MR) is 124 cm³/mol. The first-order valence-electron chi connectivity index (χ1n) is 9.95. The molecule has 1 saturated heterocycles. The van der Waals surface area contributed by atoms with Gasteiger partial charge in [0, 0.05) is 22.7 Å². The molecular formula is C24H16ClN3O6. The number of nitro groups is 1. The molecule has 34 heavy (non-hydrogen) atoms. The van der Waals surface area contributed by atoms with E-state index >= 15 is 0 Å². The van der Waals surface area contributed by atoms with E-state index < -0.39 is 22.8 Å². The summed E-state index contributed by atoms with van der Waals surface area (Å²) < 4.78 is 5.71. The van der Waals surface area contributed by atoms with Crippen LogP contribution in [0.15, 0.2) is 78.4 Å². The van der Waals surface area contributed by atoms with E-state index in [0.29, 0.717) is 16.3 Å². The Labute approximate surface area is 198 Å². The minimum absolute atomic E-state index is 0.129. The number of nitro benzene ring substituents is 1. The van der Waals surface area contributed by atoms with Crippen LogP contribution in [-0.4, -0.2) is 22.8 Å². The summed E-state index contributed by atoms with van der Waals surface area (Å²) in [5, 5.41) is 13.5. The summed E-state index contributed by atoms with van der Waals surface area (Å²) in [5.74, 6) is -1.19. The van der Waals surface area contributed by atoms with E-state index in [0.717, 1.165) is 10.5 Å². The fourth-order valence-corrected chi connectivity index (χ4v) is 3.41. The van der Waals surface area contributed by atoms with Gasteiger partial charge in [-0.2, -0.15) is 0 Å². The number of hydrogen-bond acceptors (Lipinski definition) is 6. The van der Waals surface area contributed by atoms with Gasteiger partial charge in [-0.3, -0.25) is 25.0 Å². The summed E-state index contributed by atoms with van der Waals surface area (Å²) >= 11 is 6.12. The van der Waals surface area contributed by atoms with Gasteiger partial charge in [0.2, 0.25) is 0 Å². The zero-order valence-corrected chi connectivity index (χ0v) is 18.2. The molecule has 1 aliphatic rings. The van der Waals surface area contributed by atoms with Crippen molar-refractivity contribution in [3.8, 4) is 5.75 Å². The molecule has 0 radical (unpaired) electrons. The number of benzene rings is 3. The Hall–Kier alpha value is -4.50. The lowest BCUT2D eigenvalue weighted by Crippen LogP contribution is -2.54. The number of imide groups is 2. The number of urea groups is 1. The van der Waals surface area contributed by atoms with Gasteiger partial charge in [-0.25, -0.2) is 9.69 Å². The molecule has 3 aromatic carbocycles. The van der Waals surface area contributed by atoms with Crippen LogP contribution in [0.4, 0.5) is 16.2 Å². The maximum Gasteiger partial charge on any atom is 0.335 e. The second-order valence-corrected chi connectivity index (χ2v) is 7.59. The predicted octanol–water partition coefficient (Wildman–Crippen LogP) is 4.49. The SMILES string of the molecule is O=C1NC(=O)N(c2ccc(OCc3ccccc3Cl)cc2)C(=O)/C1=C/c1ccc([N+](=O)[O-])cc1. The quantitative estimate of drug-likeness (QED) is 0.242. The molecule has 9 nitrogen and oxygen atoms in total. The average molecular weight is 478 g/mol. The van der Waals surface area contributed by atoms with Gasteiger partial charge >= 0.3 is 6.03 Å². The molecule has 4 rings (SSSR count). The third-order valence-electron chi connectivity index (χ3n) is 4.96. The standard InChI is InChI=1S/C24H16ClN3O6/c25-21-4-2-1-3-16(21)14-34-19-11-9-17(10-12-19)27-23(30)20(22(29)26-24(27)31)13-15-5-7-18(8-6-15)28(32)33/h1-13H,14H2,(H,26,29,31)/b20-13+. The van der Waals surface area contributed by atoms with Gasteiger partial charge in [0.05, 0.1) is 10.6 Å². The van der Waals surface area contributed by atoms with Gasteiger partial charge in [-0.05, 0) is 54.1 Å². The maximum absolute atomic E-state index is 13.0. The molecule has 10 heteroatoms. The van der Waals surface area contributed by atoms with E-state index in [1.165, 1.54) is 42.5 Å². The average Bonchev–Trinajstić information content (AvgIpc) is 2.82. The van der Waals surface area contributed by atoms with E-state index in [2.05, 4.69) is 5.32 Å². The molecule has 1 fully saturated rings. The highest BCUT2D eigenvalue weighted by Gasteiger charge is 2.36. The van der Waals surface area contributed by atoms with Crippen molar-refractivity contribution in [2.75, 3.05) is 4.90 Å². The fraction of sp³-hybridized carbons (Fsp3) is 0.0417. The number of ether oxygens (including phenoxy) is 1. The van der Waals surface area contributed by atoms with Gasteiger partial charge < -0.3 is 4.74 Å². The van der Waals surface area contributed by atoms with Crippen molar-refractivity contribution in [3.63, 3.8) is 0 Å². The number of non-ortho nitro benzene ring substituents is 1. The van der Waals surface area contributed by atoms with Crippen LogP contribution in [0.3, 0.4) is 0 Å². The van der Waals surface area contributed by atoms with Gasteiger partial charge in [0.25, 0.3) is 17.5 Å². The van der Waals surface area contributed by atoms with Crippen molar-refractivity contribution >= 4 is 46.9 Å². The van der Waals surface area contributed by atoms with Gasteiger partial charge in [0.1, 0.15) is 17.9 Å². The Bertz CT molecular complexity index is 1320. The number of carbonyl (C=O) groups excluding carboxylic acids is 3. The highest BCUT2D eigenvalue weighted by Crippen LogP contribution is 2.26. The van der Waals surface area contributed by atoms with Crippen molar-refractivity contribution in [1.82, 2.24) is 5.32 Å². The molecule has 0 bridgehead atoms. The number of nitrogens with zero attached hydrogens (tertiary/aromatic N) is 2. The highest BCUT2D eigenvalue weighted by atomic mass is 35.5. The van der Waals surface area contributed by atoms with Gasteiger partial charge in [-0.1, -0.05) is 29.8 Å². The maximum atomic E-state index is 13.0. The third-order valence-corrected chi connectivity index (χ3v) is 5.33. The van der Waals surface area contributed by atoms with Crippen molar-refractivity contribution in [2.24, 2.45) is 0 Å². The van der Waals surface area contributed by atoms with Crippen molar-refractivity contribution in [3.05, 3.63) is 105 Å².